The zero-order valence-corrected chi connectivity index (χ0v) is 13.3. The molecule has 1 saturated carbocycles. The maximum absolute atomic E-state index is 13.2. The third kappa shape index (κ3) is 2.42. The van der Waals surface area contributed by atoms with Gasteiger partial charge in [-0.1, -0.05) is 36.4 Å². The molecule has 0 N–H and O–H groups in total. The minimum absolute atomic E-state index is 0.0172. The van der Waals surface area contributed by atoms with Gasteiger partial charge in [0.1, 0.15) is 6.10 Å². The van der Waals surface area contributed by atoms with Crippen LogP contribution in [0.4, 0.5) is 0 Å². The highest BCUT2D eigenvalue weighted by molar-refractivity contribution is 6.07. The van der Waals surface area contributed by atoms with Crippen molar-refractivity contribution in [3.8, 4) is 0 Å². The number of carbonyl (C=O) groups is 1. The van der Waals surface area contributed by atoms with Gasteiger partial charge in [-0.05, 0) is 29.7 Å². The van der Waals surface area contributed by atoms with Crippen LogP contribution in [-0.2, 0) is 9.47 Å². The molecular weight excluding hydrogens is 290 g/mol. The molecule has 0 radical (unpaired) electrons. The average molecular weight is 311 g/mol. The van der Waals surface area contributed by atoms with E-state index in [1.807, 2.05) is 47.4 Å². The van der Waals surface area contributed by atoms with Gasteiger partial charge in [0.2, 0.25) is 0 Å². The highest BCUT2D eigenvalue weighted by Crippen LogP contribution is 2.33. The summed E-state index contributed by atoms with van der Waals surface area (Å²) in [6.07, 6.45) is 2.01. The molecule has 2 fully saturated rings. The Morgan fingerprint density at radius 2 is 2.00 bits per heavy atom. The number of fused-ring (bicyclic) bond motifs is 3. The minimum Gasteiger partial charge on any atom is -0.377 e. The van der Waals surface area contributed by atoms with Crippen LogP contribution in [-0.4, -0.2) is 49.3 Å². The maximum Gasteiger partial charge on any atom is 0.254 e. The molecule has 2 aromatic carbocycles. The van der Waals surface area contributed by atoms with Crippen LogP contribution >= 0.6 is 0 Å². The van der Waals surface area contributed by atoms with Gasteiger partial charge in [0, 0.05) is 19.2 Å². The molecule has 3 unspecified atom stereocenters. The van der Waals surface area contributed by atoms with Crippen molar-refractivity contribution < 1.29 is 14.3 Å². The summed E-state index contributed by atoms with van der Waals surface area (Å²) < 4.78 is 11.5. The van der Waals surface area contributed by atoms with E-state index in [1.54, 1.807) is 7.11 Å². The Labute approximate surface area is 136 Å². The molecule has 0 aromatic heterocycles. The number of amides is 1. The van der Waals surface area contributed by atoms with Crippen LogP contribution in [0.5, 0.6) is 0 Å². The Morgan fingerprint density at radius 3 is 2.87 bits per heavy atom. The smallest absolute Gasteiger partial charge is 0.254 e. The van der Waals surface area contributed by atoms with E-state index in [0.717, 1.165) is 29.2 Å². The predicted octanol–water partition coefficient (Wildman–Crippen LogP) is 2.86. The lowest BCUT2D eigenvalue weighted by Gasteiger charge is -2.31. The van der Waals surface area contributed by atoms with Crippen molar-refractivity contribution in [1.82, 2.24) is 4.90 Å². The summed E-state index contributed by atoms with van der Waals surface area (Å²) in [6.45, 7) is 1.21. The summed E-state index contributed by atoms with van der Waals surface area (Å²) in [4.78, 5) is 15.2. The van der Waals surface area contributed by atoms with Gasteiger partial charge in [0.05, 0.1) is 18.8 Å². The van der Waals surface area contributed by atoms with Gasteiger partial charge in [-0.2, -0.15) is 0 Å². The van der Waals surface area contributed by atoms with E-state index in [4.69, 9.17) is 9.47 Å². The second-order valence-corrected chi connectivity index (χ2v) is 6.28. The Kier molecular flexibility index (Phi) is 3.79. The standard InChI is InChI=1S/C19H21NO3/c1-22-18-16-9-10-17(18)23-12-11-20(16)19(21)15-8-4-6-13-5-2-3-7-14(13)15/h2-8,16-18H,9-12H2,1H3. The molecule has 4 nitrogen and oxygen atoms in total. The fourth-order valence-electron chi connectivity index (χ4n) is 4.02. The van der Waals surface area contributed by atoms with Crippen LogP contribution in [0.3, 0.4) is 0 Å². The van der Waals surface area contributed by atoms with Crippen molar-refractivity contribution in [2.24, 2.45) is 0 Å². The zero-order chi connectivity index (χ0) is 15.8. The van der Waals surface area contributed by atoms with Crippen molar-refractivity contribution in [2.75, 3.05) is 20.3 Å². The molecule has 120 valence electrons. The average Bonchev–Trinajstić information content (AvgIpc) is 2.89. The Balaban J connectivity index is 1.72. The summed E-state index contributed by atoms with van der Waals surface area (Å²) in [5.41, 5.74) is 0.767. The number of ether oxygens (including phenoxy) is 2. The van der Waals surface area contributed by atoms with Gasteiger partial charge in [0.15, 0.2) is 0 Å². The normalized spacial score (nSPS) is 27.2. The number of hydrogen-bond acceptors (Lipinski definition) is 3. The first-order valence-electron chi connectivity index (χ1n) is 8.23. The van der Waals surface area contributed by atoms with Gasteiger partial charge in [-0.25, -0.2) is 0 Å². The van der Waals surface area contributed by atoms with Crippen LogP contribution in [0.15, 0.2) is 42.5 Å². The predicted molar refractivity (Wildman–Crippen MR) is 88.5 cm³/mol. The highest BCUT2D eigenvalue weighted by Gasteiger charge is 2.44. The number of benzene rings is 2. The third-order valence-electron chi connectivity index (χ3n) is 5.11. The summed E-state index contributed by atoms with van der Waals surface area (Å²) in [5, 5.41) is 2.10. The fraction of sp³-hybridized carbons (Fsp3) is 0.421. The fourth-order valence-corrected chi connectivity index (χ4v) is 4.02. The van der Waals surface area contributed by atoms with E-state index in [0.29, 0.717) is 13.2 Å². The Morgan fingerprint density at radius 1 is 1.17 bits per heavy atom. The largest absolute Gasteiger partial charge is 0.377 e. The molecule has 2 aromatic rings. The second kappa shape index (κ2) is 5.95. The van der Waals surface area contributed by atoms with Crippen molar-refractivity contribution in [3.63, 3.8) is 0 Å². The van der Waals surface area contributed by atoms with Crippen LogP contribution in [0.1, 0.15) is 23.2 Å². The van der Waals surface area contributed by atoms with E-state index in [-0.39, 0.29) is 24.2 Å². The van der Waals surface area contributed by atoms with Gasteiger partial charge in [-0.15, -0.1) is 0 Å². The summed E-state index contributed by atoms with van der Waals surface area (Å²) in [5.74, 6) is 0.0833. The van der Waals surface area contributed by atoms with E-state index < -0.39 is 0 Å². The SMILES string of the molecule is COC1C2CCC1N(C(=O)c1cccc3ccccc13)CCO2. The number of rotatable bonds is 2. The molecular formula is C19H21NO3. The summed E-state index contributed by atoms with van der Waals surface area (Å²) >= 11 is 0. The molecule has 4 rings (SSSR count). The first kappa shape index (κ1) is 14.7. The van der Waals surface area contributed by atoms with Crippen molar-refractivity contribution in [3.05, 3.63) is 48.0 Å². The molecule has 1 aliphatic carbocycles. The third-order valence-corrected chi connectivity index (χ3v) is 5.11. The van der Waals surface area contributed by atoms with Crippen molar-refractivity contribution in [1.29, 1.82) is 0 Å². The van der Waals surface area contributed by atoms with E-state index >= 15 is 0 Å². The van der Waals surface area contributed by atoms with Gasteiger partial charge in [-0.3, -0.25) is 4.79 Å². The summed E-state index contributed by atoms with van der Waals surface area (Å²) in [7, 11) is 1.71. The number of hydrogen-bond donors (Lipinski definition) is 0. The first-order chi connectivity index (χ1) is 11.3. The molecule has 2 bridgehead atoms. The van der Waals surface area contributed by atoms with Gasteiger partial charge < -0.3 is 14.4 Å². The lowest BCUT2D eigenvalue weighted by molar-refractivity contribution is -0.0316. The molecule has 1 heterocycles. The van der Waals surface area contributed by atoms with Crippen molar-refractivity contribution in [2.45, 2.75) is 31.1 Å². The minimum atomic E-state index is -0.0172. The van der Waals surface area contributed by atoms with Gasteiger partial charge >= 0.3 is 0 Å². The molecule has 0 spiro atoms. The number of carbonyl (C=O) groups excluding carboxylic acids is 1. The molecule has 1 saturated heterocycles. The Hall–Kier alpha value is -1.91. The monoisotopic (exact) mass is 311 g/mol. The van der Waals surface area contributed by atoms with E-state index in [1.165, 1.54) is 0 Å². The Bertz CT molecular complexity index is 724. The summed E-state index contributed by atoms with van der Waals surface area (Å²) in [6, 6.07) is 14.1. The first-order valence-corrected chi connectivity index (χ1v) is 8.23. The van der Waals surface area contributed by atoms with Gasteiger partial charge in [0.25, 0.3) is 5.91 Å². The van der Waals surface area contributed by atoms with Crippen LogP contribution in [0, 0.1) is 0 Å². The second-order valence-electron chi connectivity index (χ2n) is 6.28. The molecule has 23 heavy (non-hydrogen) atoms. The zero-order valence-electron chi connectivity index (χ0n) is 13.3. The molecule has 4 heteroatoms. The van der Waals surface area contributed by atoms with Crippen LogP contribution < -0.4 is 0 Å². The maximum atomic E-state index is 13.2. The molecule has 3 atom stereocenters. The number of methoxy groups -OCH3 is 1. The van der Waals surface area contributed by atoms with Crippen LogP contribution in [0.25, 0.3) is 10.8 Å². The molecule has 2 aliphatic rings. The lowest BCUT2D eigenvalue weighted by atomic mass is 10.0. The quantitative estimate of drug-likeness (QED) is 0.856. The molecule has 1 amide bonds. The highest BCUT2D eigenvalue weighted by atomic mass is 16.5. The lowest BCUT2D eigenvalue weighted by Crippen LogP contribution is -2.46. The van der Waals surface area contributed by atoms with E-state index in [2.05, 4.69) is 0 Å². The van der Waals surface area contributed by atoms with Crippen molar-refractivity contribution >= 4 is 16.7 Å². The van der Waals surface area contributed by atoms with E-state index in [9.17, 15) is 4.79 Å². The van der Waals surface area contributed by atoms with Crippen LogP contribution in [0.2, 0.25) is 0 Å². The molecule has 1 aliphatic heterocycles. The topological polar surface area (TPSA) is 38.8 Å². The number of nitrogens with zero attached hydrogens (tertiary/aromatic N) is 1.